The molecule has 2 rings (SSSR count). The predicted octanol–water partition coefficient (Wildman–Crippen LogP) is 3.57. The van der Waals surface area contributed by atoms with E-state index in [1.165, 1.54) is 0 Å². The topological polar surface area (TPSA) is 49.3 Å². The zero-order valence-corrected chi connectivity index (χ0v) is 11.3. The van der Waals surface area contributed by atoms with Gasteiger partial charge in [0.1, 0.15) is 5.75 Å². The number of aryl methyl sites for hydroxylation is 3. The number of hydrogen-bond donors (Lipinski definition) is 2. The molecule has 0 atom stereocenters. The molecule has 0 aliphatic heterocycles. The molecule has 0 aliphatic carbocycles. The molecular weight excluding hydrogens is 238 g/mol. The molecule has 98 valence electrons. The van der Waals surface area contributed by atoms with Gasteiger partial charge in [0, 0.05) is 11.3 Å². The number of carbonyl (C=O) groups excluding carboxylic acids is 1. The van der Waals surface area contributed by atoms with E-state index in [1.54, 1.807) is 18.2 Å². The summed E-state index contributed by atoms with van der Waals surface area (Å²) in [6.07, 6.45) is 0. The predicted molar refractivity (Wildman–Crippen MR) is 76.7 cm³/mol. The normalized spacial score (nSPS) is 10.3. The van der Waals surface area contributed by atoms with Crippen LogP contribution in [-0.4, -0.2) is 11.0 Å². The third-order valence-electron chi connectivity index (χ3n) is 3.10. The highest BCUT2D eigenvalue weighted by atomic mass is 16.3. The second-order valence-electron chi connectivity index (χ2n) is 4.77. The van der Waals surface area contributed by atoms with Gasteiger partial charge in [-0.3, -0.25) is 4.79 Å². The summed E-state index contributed by atoms with van der Waals surface area (Å²) in [5.41, 5.74) is 4.22. The van der Waals surface area contributed by atoms with Gasteiger partial charge in [-0.2, -0.15) is 0 Å². The lowest BCUT2D eigenvalue weighted by Crippen LogP contribution is -2.14. The Morgan fingerprint density at radius 2 is 1.74 bits per heavy atom. The Labute approximate surface area is 112 Å². The van der Waals surface area contributed by atoms with Gasteiger partial charge < -0.3 is 10.4 Å². The maximum absolute atomic E-state index is 12.3. The lowest BCUT2D eigenvalue weighted by Gasteiger charge is -2.11. The number of carbonyl (C=O) groups is 1. The van der Waals surface area contributed by atoms with E-state index >= 15 is 0 Å². The fourth-order valence-corrected chi connectivity index (χ4v) is 1.96. The van der Waals surface area contributed by atoms with Crippen LogP contribution in [0.4, 0.5) is 5.69 Å². The van der Waals surface area contributed by atoms with Crippen LogP contribution in [-0.2, 0) is 0 Å². The SMILES string of the molecule is Cc1ccc(C)c(C(=O)Nc2ccc(O)cc2C)c1. The molecule has 2 aromatic rings. The van der Waals surface area contributed by atoms with Gasteiger partial charge in [0.05, 0.1) is 0 Å². The number of aromatic hydroxyl groups is 1. The van der Waals surface area contributed by atoms with Crippen LogP contribution >= 0.6 is 0 Å². The number of benzene rings is 2. The van der Waals surface area contributed by atoms with Crippen molar-refractivity contribution in [2.45, 2.75) is 20.8 Å². The average Bonchev–Trinajstić information content (AvgIpc) is 2.35. The smallest absolute Gasteiger partial charge is 0.255 e. The Hall–Kier alpha value is -2.29. The third kappa shape index (κ3) is 2.94. The highest BCUT2D eigenvalue weighted by molar-refractivity contribution is 6.05. The van der Waals surface area contributed by atoms with Crippen LogP contribution in [0.3, 0.4) is 0 Å². The number of phenolic OH excluding ortho intramolecular Hbond substituents is 1. The number of nitrogens with one attached hydrogen (secondary N) is 1. The molecule has 19 heavy (non-hydrogen) atoms. The molecule has 2 N–H and O–H groups in total. The summed E-state index contributed by atoms with van der Waals surface area (Å²) in [6.45, 7) is 5.72. The van der Waals surface area contributed by atoms with Gasteiger partial charge in [-0.1, -0.05) is 17.7 Å². The molecule has 3 heteroatoms. The Morgan fingerprint density at radius 1 is 1.00 bits per heavy atom. The summed E-state index contributed by atoms with van der Waals surface area (Å²) in [4.78, 5) is 12.3. The lowest BCUT2D eigenvalue weighted by atomic mass is 10.0. The van der Waals surface area contributed by atoms with Crippen molar-refractivity contribution < 1.29 is 9.90 Å². The standard InChI is InChI=1S/C16H17NO2/c1-10-4-5-11(2)14(8-10)16(19)17-15-7-6-13(18)9-12(15)3/h4-9,18H,1-3H3,(H,17,19). The molecule has 1 amide bonds. The second kappa shape index (κ2) is 5.14. The van der Waals surface area contributed by atoms with Crippen LogP contribution in [0.25, 0.3) is 0 Å². The van der Waals surface area contributed by atoms with E-state index in [9.17, 15) is 9.90 Å². The fraction of sp³-hybridized carbons (Fsp3) is 0.188. The van der Waals surface area contributed by atoms with Crippen molar-refractivity contribution >= 4 is 11.6 Å². The van der Waals surface area contributed by atoms with E-state index in [-0.39, 0.29) is 11.7 Å². The first-order chi connectivity index (χ1) is 8.97. The quantitative estimate of drug-likeness (QED) is 0.806. The van der Waals surface area contributed by atoms with Crippen LogP contribution in [0.2, 0.25) is 0 Å². The van der Waals surface area contributed by atoms with E-state index < -0.39 is 0 Å². The molecule has 0 fully saturated rings. The first kappa shape index (κ1) is 13.1. The summed E-state index contributed by atoms with van der Waals surface area (Å²) >= 11 is 0. The zero-order chi connectivity index (χ0) is 14.0. The maximum Gasteiger partial charge on any atom is 0.255 e. The van der Waals surface area contributed by atoms with Crippen molar-refractivity contribution in [3.8, 4) is 5.75 Å². The summed E-state index contributed by atoms with van der Waals surface area (Å²) in [5, 5.41) is 12.2. The number of rotatable bonds is 2. The van der Waals surface area contributed by atoms with E-state index in [0.717, 1.165) is 16.7 Å². The monoisotopic (exact) mass is 255 g/mol. The minimum absolute atomic E-state index is 0.130. The second-order valence-corrected chi connectivity index (χ2v) is 4.77. The number of phenols is 1. The first-order valence-corrected chi connectivity index (χ1v) is 6.15. The first-order valence-electron chi connectivity index (χ1n) is 6.15. The van der Waals surface area contributed by atoms with E-state index in [4.69, 9.17) is 0 Å². The summed E-state index contributed by atoms with van der Waals surface area (Å²) in [5.74, 6) is 0.0669. The van der Waals surface area contributed by atoms with Gasteiger partial charge in [0.2, 0.25) is 0 Å². The molecule has 0 bridgehead atoms. The zero-order valence-electron chi connectivity index (χ0n) is 11.3. The molecule has 0 radical (unpaired) electrons. The Balaban J connectivity index is 2.28. The van der Waals surface area contributed by atoms with Crippen molar-refractivity contribution in [1.82, 2.24) is 0 Å². The third-order valence-corrected chi connectivity index (χ3v) is 3.10. The van der Waals surface area contributed by atoms with E-state index in [0.29, 0.717) is 11.3 Å². The molecule has 0 heterocycles. The molecule has 0 saturated carbocycles. The van der Waals surface area contributed by atoms with Gasteiger partial charge in [-0.05, 0) is 56.2 Å². The number of amides is 1. The Morgan fingerprint density at radius 3 is 2.42 bits per heavy atom. The summed E-state index contributed by atoms with van der Waals surface area (Å²) in [7, 11) is 0. The highest BCUT2D eigenvalue weighted by Crippen LogP contribution is 2.21. The lowest BCUT2D eigenvalue weighted by molar-refractivity contribution is 0.102. The van der Waals surface area contributed by atoms with Crippen LogP contribution in [0.15, 0.2) is 36.4 Å². The van der Waals surface area contributed by atoms with Crippen molar-refractivity contribution in [1.29, 1.82) is 0 Å². The summed E-state index contributed by atoms with van der Waals surface area (Å²) < 4.78 is 0. The fourth-order valence-electron chi connectivity index (χ4n) is 1.96. The van der Waals surface area contributed by atoms with E-state index in [2.05, 4.69) is 5.32 Å². The minimum Gasteiger partial charge on any atom is -0.508 e. The molecular formula is C16H17NO2. The molecule has 0 spiro atoms. The Bertz CT molecular complexity index is 633. The molecule has 0 unspecified atom stereocenters. The van der Waals surface area contributed by atoms with Gasteiger partial charge in [-0.15, -0.1) is 0 Å². The highest BCUT2D eigenvalue weighted by Gasteiger charge is 2.10. The van der Waals surface area contributed by atoms with Crippen molar-refractivity contribution in [3.05, 3.63) is 58.7 Å². The minimum atomic E-state index is -0.130. The molecule has 3 nitrogen and oxygen atoms in total. The van der Waals surface area contributed by atoms with Gasteiger partial charge in [-0.25, -0.2) is 0 Å². The van der Waals surface area contributed by atoms with Crippen molar-refractivity contribution in [2.75, 3.05) is 5.32 Å². The average molecular weight is 255 g/mol. The van der Waals surface area contributed by atoms with Crippen LogP contribution in [0.1, 0.15) is 27.0 Å². The molecule has 0 saturated heterocycles. The van der Waals surface area contributed by atoms with E-state index in [1.807, 2.05) is 39.0 Å². The number of anilines is 1. The summed E-state index contributed by atoms with van der Waals surface area (Å²) in [6, 6.07) is 10.7. The van der Waals surface area contributed by atoms with Gasteiger partial charge in [0.15, 0.2) is 0 Å². The van der Waals surface area contributed by atoms with Crippen molar-refractivity contribution in [3.63, 3.8) is 0 Å². The van der Waals surface area contributed by atoms with Crippen LogP contribution in [0.5, 0.6) is 5.75 Å². The van der Waals surface area contributed by atoms with Gasteiger partial charge in [0.25, 0.3) is 5.91 Å². The van der Waals surface area contributed by atoms with Gasteiger partial charge >= 0.3 is 0 Å². The molecule has 2 aromatic carbocycles. The number of hydrogen-bond acceptors (Lipinski definition) is 2. The maximum atomic E-state index is 12.3. The largest absolute Gasteiger partial charge is 0.508 e. The van der Waals surface area contributed by atoms with Crippen LogP contribution < -0.4 is 5.32 Å². The Kier molecular flexibility index (Phi) is 3.56. The molecule has 0 aromatic heterocycles. The van der Waals surface area contributed by atoms with Crippen molar-refractivity contribution in [2.24, 2.45) is 0 Å². The van der Waals surface area contributed by atoms with Crippen LogP contribution in [0, 0.1) is 20.8 Å². The molecule has 0 aliphatic rings.